The summed E-state index contributed by atoms with van der Waals surface area (Å²) in [5.74, 6) is 0.661. The Hall–Kier alpha value is -2.64. The van der Waals surface area contributed by atoms with Crippen molar-refractivity contribution < 1.29 is 17.9 Å². The number of methoxy groups -OCH3 is 1. The van der Waals surface area contributed by atoms with Crippen molar-refractivity contribution in [2.24, 2.45) is 0 Å². The molecule has 1 fully saturated rings. The van der Waals surface area contributed by atoms with Crippen LogP contribution in [0, 0.1) is 6.92 Å². The van der Waals surface area contributed by atoms with Gasteiger partial charge in [0.05, 0.1) is 36.4 Å². The van der Waals surface area contributed by atoms with Crippen LogP contribution in [0.2, 0.25) is 0 Å². The average molecular weight is 398 g/mol. The lowest BCUT2D eigenvalue weighted by atomic mass is 10.1. The number of fused-ring (bicyclic) bond motifs is 1. The highest BCUT2D eigenvalue weighted by Crippen LogP contribution is 2.37. The zero-order chi connectivity index (χ0) is 19.7. The van der Waals surface area contributed by atoms with Crippen molar-refractivity contribution in [3.63, 3.8) is 0 Å². The summed E-state index contributed by atoms with van der Waals surface area (Å²) >= 11 is 0. The lowest BCUT2D eigenvalue weighted by Crippen LogP contribution is -2.37. The predicted molar refractivity (Wildman–Crippen MR) is 108 cm³/mol. The van der Waals surface area contributed by atoms with E-state index in [-0.39, 0.29) is 9.79 Å². The van der Waals surface area contributed by atoms with Crippen LogP contribution in [0.1, 0.15) is 5.56 Å². The maximum atomic E-state index is 13.5. The Morgan fingerprint density at radius 3 is 2.46 bits per heavy atom. The number of aromatic nitrogens is 1. The molecule has 0 amide bonds. The van der Waals surface area contributed by atoms with Gasteiger partial charge in [0.25, 0.3) is 0 Å². The van der Waals surface area contributed by atoms with Crippen LogP contribution in [0.15, 0.2) is 58.5 Å². The average Bonchev–Trinajstić information content (AvgIpc) is 2.73. The first-order chi connectivity index (χ1) is 13.5. The van der Waals surface area contributed by atoms with Crippen LogP contribution in [0.4, 0.5) is 5.69 Å². The summed E-state index contributed by atoms with van der Waals surface area (Å²) < 4.78 is 37.8. The largest absolute Gasteiger partial charge is 0.497 e. The molecule has 0 saturated carbocycles. The van der Waals surface area contributed by atoms with Crippen molar-refractivity contribution in [1.29, 1.82) is 0 Å². The summed E-state index contributed by atoms with van der Waals surface area (Å²) in [6.45, 7) is 4.27. The topological polar surface area (TPSA) is 68.7 Å². The number of ether oxygens (including phenoxy) is 2. The van der Waals surface area contributed by atoms with Crippen molar-refractivity contribution >= 4 is 26.4 Å². The molecule has 0 N–H and O–H groups in total. The summed E-state index contributed by atoms with van der Waals surface area (Å²) in [5.41, 5.74) is 2.40. The van der Waals surface area contributed by atoms with E-state index in [1.807, 2.05) is 25.1 Å². The highest BCUT2D eigenvalue weighted by atomic mass is 32.2. The number of nitrogens with zero attached hydrogens (tertiary/aromatic N) is 2. The third-order valence-electron chi connectivity index (χ3n) is 4.96. The second kappa shape index (κ2) is 7.41. The molecule has 146 valence electrons. The van der Waals surface area contributed by atoms with Crippen LogP contribution in [-0.2, 0) is 14.6 Å². The van der Waals surface area contributed by atoms with Crippen LogP contribution in [0.25, 0.3) is 10.9 Å². The maximum Gasteiger partial charge on any atom is 0.210 e. The Morgan fingerprint density at radius 2 is 1.79 bits per heavy atom. The monoisotopic (exact) mass is 398 g/mol. The van der Waals surface area contributed by atoms with Gasteiger partial charge < -0.3 is 14.4 Å². The summed E-state index contributed by atoms with van der Waals surface area (Å²) in [6, 6.07) is 12.4. The molecule has 1 saturated heterocycles. The van der Waals surface area contributed by atoms with Crippen LogP contribution in [-0.4, -0.2) is 46.8 Å². The Balaban J connectivity index is 1.97. The Bertz CT molecular complexity index is 1110. The number of benzene rings is 2. The first-order valence-electron chi connectivity index (χ1n) is 9.12. The van der Waals surface area contributed by atoms with E-state index in [2.05, 4.69) is 9.88 Å². The zero-order valence-corrected chi connectivity index (χ0v) is 16.7. The highest BCUT2D eigenvalue weighted by Gasteiger charge is 2.28. The number of pyridine rings is 1. The van der Waals surface area contributed by atoms with Crippen molar-refractivity contribution in [3.8, 4) is 5.75 Å². The van der Waals surface area contributed by atoms with Crippen LogP contribution in [0.5, 0.6) is 5.75 Å². The SMILES string of the molecule is COc1ccc2ncc(S(=O)(=O)c3ccc(C)cc3)c(N3CCOCC3)c2c1. The first-order valence-corrected chi connectivity index (χ1v) is 10.6. The summed E-state index contributed by atoms with van der Waals surface area (Å²) in [6.07, 6.45) is 1.47. The maximum absolute atomic E-state index is 13.5. The van der Waals surface area contributed by atoms with Gasteiger partial charge in [0.2, 0.25) is 9.84 Å². The fourth-order valence-corrected chi connectivity index (χ4v) is 4.85. The minimum Gasteiger partial charge on any atom is -0.497 e. The second-order valence-corrected chi connectivity index (χ2v) is 8.69. The van der Waals surface area contributed by atoms with Gasteiger partial charge in [0, 0.05) is 24.7 Å². The Kier molecular flexibility index (Phi) is 4.95. The van der Waals surface area contributed by atoms with Gasteiger partial charge in [-0.25, -0.2) is 8.42 Å². The quantitative estimate of drug-likeness (QED) is 0.672. The van der Waals surface area contributed by atoms with Crippen molar-refractivity contribution in [2.45, 2.75) is 16.7 Å². The van der Waals surface area contributed by atoms with Gasteiger partial charge in [-0.3, -0.25) is 4.98 Å². The summed E-state index contributed by atoms with van der Waals surface area (Å²) in [4.78, 5) is 6.96. The van der Waals surface area contributed by atoms with E-state index < -0.39 is 9.84 Å². The second-order valence-electron chi connectivity index (χ2n) is 6.77. The van der Waals surface area contributed by atoms with Crippen LogP contribution in [0.3, 0.4) is 0 Å². The fourth-order valence-electron chi connectivity index (χ4n) is 3.42. The van der Waals surface area contributed by atoms with E-state index in [0.717, 1.165) is 16.5 Å². The van der Waals surface area contributed by atoms with Gasteiger partial charge in [-0.1, -0.05) is 17.7 Å². The molecule has 0 spiro atoms. The normalized spacial score (nSPS) is 15.0. The number of sulfone groups is 1. The molecule has 4 rings (SSSR count). The third kappa shape index (κ3) is 3.31. The number of morpholine rings is 1. The number of rotatable bonds is 4. The molecule has 3 aromatic rings. The molecule has 0 unspecified atom stereocenters. The van der Waals surface area contributed by atoms with Gasteiger partial charge in [-0.2, -0.15) is 0 Å². The molecule has 28 heavy (non-hydrogen) atoms. The van der Waals surface area contributed by atoms with Crippen molar-refractivity contribution in [2.75, 3.05) is 38.3 Å². The standard InChI is InChI=1S/C21H22N2O4S/c1-15-3-6-17(7-4-15)28(24,25)20-14-22-19-8-5-16(26-2)13-18(19)21(20)23-9-11-27-12-10-23/h3-8,13-14H,9-12H2,1-2H3. The molecule has 0 aliphatic carbocycles. The molecule has 2 aromatic carbocycles. The molecule has 1 aliphatic rings. The van der Waals surface area contributed by atoms with Crippen molar-refractivity contribution in [3.05, 3.63) is 54.2 Å². The first kappa shape index (κ1) is 18.7. The smallest absolute Gasteiger partial charge is 0.210 e. The van der Waals surface area contributed by atoms with Crippen LogP contribution >= 0.6 is 0 Å². The molecule has 6 nitrogen and oxygen atoms in total. The van der Waals surface area contributed by atoms with E-state index in [1.54, 1.807) is 31.4 Å². The van der Waals surface area contributed by atoms with Gasteiger partial charge in [-0.05, 0) is 37.3 Å². The van der Waals surface area contributed by atoms with E-state index in [9.17, 15) is 8.42 Å². The van der Waals surface area contributed by atoms with E-state index in [1.165, 1.54) is 6.20 Å². The third-order valence-corrected chi connectivity index (χ3v) is 6.73. The lowest BCUT2D eigenvalue weighted by Gasteiger charge is -2.31. The van der Waals surface area contributed by atoms with Gasteiger partial charge in [0.1, 0.15) is 10.6 Å². The molecule has 1 aliphatic heterocycles. The molecule has 0 bridgehead atoms. The van der Waals surface area contributed by atoms with Crippen LogP contribution < -0.4 is 9.64 Å². The molecule has 1 aromatic heterocycles. The van der Waals surface area contributed by atoms with E-state index in [4.69, 9.17) is 9.47 Å². The number of aryl methyl sites for hydroxylation is 1. The molecule has 2 heterocycles. The lowest BCUT2D eigenvalue weighted by molar-refractivity contribution is 0.122. The molecule has 0 atom stereocenters. The number of anilines is 1. The van der Waals surface area contributed by atoms with Gasteiger partial charge in [-0.15, -0.1) is 0 Å². The zero-order valence-electron chi connectivity index (χ0n) is 15.9. The highest BCUT2D eigenvalue weighted by molar-refractivity contribution is 7.91. The minimum absolute atomic E-state index is 0.207. The molecule has 0 radical (unpaired) electrons. The Morgan fingerprint density at radius 1 is 1.07 bits per heavy atom. The van der Waals surface area contributed by atoms with Crippen molar-refractivity contribution in [1.82, 2.24) is 4.98 Å². The van der Waals surface area contributed by atoms with Gasteiger partial charge in [0.15, 0.2) is 0 Å². The Labute approximate surface area is 164 Å². The molecular formula is C21H22N2O4S. The van der Waals surface area contributed by atoms with E-state index in [0.29, 0.717) is 37.7 Å². The molecule has 7 heteroatoms. The predicted octanol–water partition coefficient (Wildman–Crippen LogP) is 3.22. The number of hydrogen-bond acceptors (Lipinski definition) is 6. The number of hydrogen-bond donors (Lipinski definition) is 0. The van der Waals surface area contributed by atoms with Gasteiger partial charge >= 0.3 is 0 Å². The fraction of sp³-hybridized carbons (Fsp3) is 0.286. The summed E-state index contributed by atoms with van der Waals surface area (Å²) in [5, 5.41) is 0.759. The minimum atomic E-state index is -3.73. The molecular weight excluding hydrogens is 376 g/mol. The summed E-state index contributed by atoms with van der Waals surface area (Å²) in [7, 11) is -2.14. The van der Waals surface area contributed by atoms with E-state index >= 15 is 0 Å².